The Morgan fingerprint density at radius 1 is 1.10 bits per heavy atom. The molecule has 0 amide bonds. The smallest absolute Gasteiger partial charge is 0.348 e. The number of methoxy groups -OCH3 is 1. The number of H-pyrrole nitrogens is 1. The standard InChI is InChI=1S/C14H12N4O2/c1-20-12-4-2-11(3-5-12)18-13(16-17-14(18)19)10-6-8-15-9-7-10/h2-9H,1H3,(H,17,19). The summed E-state index contributed by atoms with van der Waals surface area (Å²) in [5, 5.41) is 6.54. The normalized spacial score (nSPS) is 10.4. The Morgan fingerprint density at radius 3 is 2.45 bits per heavy atom. The summed E-state index contributed by atoms with van der Waals surface area (Å²) in [4.78, 5) is 15.9. The molecular weight excluding hydrogens is 256 g/mol. The van der Waals surface area contributed by atoms with Crippen molar-refractivity contribution in [2.75, 3.05) is 7.11 Å². The van der Waals surface area contributed by atoms with Crippen LogP contribution in [0.1, 0.15) is 0 Å². The van der Waals surface area contributed by atoms with Crippen LogP contribution in [0.2, 0.25) is 0 Å². The summed E-state index contributed by atoms with van der Waals surface area (Å²) in [6.45, 7) is 0. The Bertz CT molecular complexity index is 760. The van der Waals surface area contributed by atoms with Crippen molar-refractivity contribution in [3.05, 3.63) is 59.3 Å². The number of benzene rings is 1. The van der Waals surface area contributed by atoms with Crippen LogP contribution in [0.3, 0.4) is 0 Å². The zero-order valence-corrected chi connectivity index (χ0v) is 10.8. The minimum absolute atomic E-state index is 0.290. The highest BCUT2D eigenvalue weighted by Crippen LogP contribution is 2.19. The third kappa shape index (κ3) is 2.07. The topological polar surface area (TPSA) is 72.8 Å². The van der Waals surface area contributed by atoms with Crippen molar-refractivity contribution < 1.29 is 4.74 Å². The highest BCUT2D eigenvalue weighted by atomic mass is 16.5. The largest absolute Gasteiger partial charge is 0.497 e. The Hall–Kier alpha value is -2.89. The van der Waals surface area contributed by atoms with E-state index in [0.717, 1.165) is 17.0 Å². The van der Waals surface area contributed by atoms with Crippen LogP contribution in [0.5, 0.6) is 5.75 Å². The molecule has 0 fully saturated rings. The van der Waals surface area contributed by atoms with E-state index in [-0.39, 0.29) is 5.69 Å². The number of hydrogen-bond donors (Lipinski definition) is 1. The summed E-state index contributed by atoms with van der Waals surface area (Å²) in [5.41, 5.74) is 1.24. The third-order valence-electron chi connectivity index (χ3n) is 2.94. The van der Waals surface area contributed by atoms with Crippen LogP contribution in [0.4, 0.5) is 0 Å². The van der Waals surface area contributed by atoms with E-state index in [0.29, 0.717) is 5.82 Å². The molecule has 3 aromatic rings. The molecule has 6 nitrogen and oxygen atoms in total. The van der Waals surface area contributed by atoms with Crippen molar-refractivity contribution in [3.63, 3.8) is 0 Å². The summed E-state index contributed by atoms with van der Waals surface area (Å²) in [6.07, 6.45) is 3.32. The van der Waals surface area contributed by atoms with Gasteiger partial charge in [-0.3, -0.25) is 4.98 Å². The summed E-state index contributed by atoms with van der Waals surface area (Å²) >= 11 is 0. The Morgan fingerprint density at radius 2 is 1.80 bits per heavy atom. The molecule has 0 aliphatic heterocycles. The van der Waals surface area contributed by atoms with Gasteiger partial charge in [0.25, 0.3) is 0 Å². The average Bonchev–Trinajstić information content (AvgIpc) is 2.90. The molecule has 0 aliphatic rings. The maximum atomic E-state index is 12.0. The van der Waals surface area contributed by atoms with Crippen LogP contribution in [0.25, 0.3) is 17.1 Å². The van der Waals surface area contributed by atoms with Gasteiger partial charge in [-0.2, -0.15) is 5.10 Å². The minimum atomic E-state index is -0.290. The molecule has 6 heteroatoms. The van der Waals surface area contributed by atoms with Gasteiger partial charge in [-0.25, -0.2) is 14.5 Å². The molecule has 0 aliphatic carbocycles. The lowest BCUT2D eigenvalue weighted by atomic mass is 10.2. The second kappa shape index (κ2) is 5.00. The molecule has 1 N–H and O–H groups in total. The first kappa shape index (κ1) is 12.2. The van der Waals surface area contributed by atoms with E-state index in [1.807, 2.05) is 0 Å². The predicted octanol–water partition coefficient (Wildman–Crippen LogP) is 1.63. The monoisotopic (exact) mass is 268 g/mol. The third-order valence-corrected chi connectivity index (χ3v) is 2.94. The molecule has 0 bridgehead atoms. The average molecular weight is 268 g/mol. The summed E-state index contributed by atoms with van der Waals surface area (Å²) < 4.78 is 6.62. The highest BCUT2D eigenvalue weighted by Gasteiger charge is 2.12. The molecule has 100 valence electrons. The van der Waals surface area contributed by atoms with Crippen molar-refractivity contribution in [3.8, 4) is 22.8 Å². The summed E-state index contributed by atoms with van der Waals surface area (Å²) in [7, 11) is 1.60. The minimum Gasteiger partial charge on any atom is -0.497 e. The zero-order chi connectivity index (χ0) is 13.9. The van der Waals surface area contributed by atoms with E-state index < -0.39 is 0 Å². The van der Waals surface area contributed by atoms with Crippen LogP contribution in [0, 0.1) is 0 Å². The number of aromatic amines is 1. The number of ether oxygens (including phenoxy) is 1. The van der Waals surface area contributed by atoms with Gasteiger partial charge in [-0.1, -0.05) is 0 Å². The summed E-state index contributed by atoms with van der Waals surface area (Å²) in [5.74, 6) is 1.28. The molecule has 0 saturated carbocycles. The van der Waals surface area contributed by atoms with Crippen LogP contribution in [-0.2, 0) is 0 Å². The quantitative estimate of drug-likeness (QED) is 0.783. The van der Waals surface area contributed by atoms with Gasteiger partial charge < -0.3 is 4.74 Å². The van der Waals surface area contributed by atoms with Crippen molar-refractivity contribution in [2.45, 2.75) is 0 Å². The maximum absolute atomic E-state index is 12.0. The number of nitrogens with one attached hydrogen (secondary N) is 1. The number of nitrogens with zero attached hydrogens (tertiary/aromatic N) is 3. The van der Waals surface area contributed by atoms with Crippen molar-refractivity contribution in [2.24, 2.45) is 0 Å². The van der Waals surface area contributed by atoms with Gasteiger partial charge in [-0.15, -0.1) is 0 Å². The van der Waals surface area contributed by atoms with Crippen molar-refractivity contribution >= 4 is 0 Å². The van der Waals surface area contributed by atoms with Gasteiger partial charge in [0.2, 0.25) is 0 Å². The number of rotatable bonds is 3. The van der Waals surface area contributed by atoms with E-state index in [4.69, 9.17) is 4.74 Å². The number of aromatic nitrogens is 4. The van der Waals surface area contributed by atoms with Crippen LogP contribution >= 0.6 is 0 Å². The first-order valence-corrected chi connectivity index (χ1v) is 6.02. The molecule has 20 heavy (non-hydrogen) atoms. The van der Waals surface area contributed by atoms with Crippen LogP contribution in [-0.4, -0.2) is 26.9 Å². The fourth-order valence-electron chi connectivity index (χ4n) is 1.96. The van der Waals surface area contributed by atoms with Crippen molar-refractivity contribution in [1.82, 2.24) is 19.7 Å². The van der Waals surface area contributed by atoms with Gasteiger partial charge in [0.05, 0.1) is 12.8 Å². The van der Waals surface area contributed by atoms with E-state index >= 15 is 0 Å². The van der Waals surface area contributed by atoms with Gasteiger partial charge in [0.15, 0.2) is 5.82 Å². The van der Waals surface area contributed by atoms with Gasteiger partial charge in [0, 0.05) is 18.0 Å². The molecular formula is C14H12N4O2. The van der Waals surface area contributed by atoms with E-state index in [1.165, 1.54) is 4.57 Å². The fourth-order valence-corrected chi connectivity index (χ4v) is 1.96. The first-order chi connectivity index (χ1) is 9.79. The molecule has 0 radical (unpaired) electrons. The molecule has 3 rings (SSSR count). The number of hydrogen-bond acceptors (Lipinski definition) is 4. The molecule has 0 atom stereocenters. The Balaban J connectivity index is 2.14. The van der Waals surface area contributed by atoms with E-state index in [1.54, 1.807) is 55.9 Å². The maximum Gasteiger partial charge on any atom is 0.348 e. The van der Waals surface area contributed by atoms with E-state index in [2.05, 4.69) is 15.2 Å². The van der Waals surface area contributed by atoms with Gasteiger partial charge in [0.1, 0.15) is 5.75 Å². The van der Waals surface area contributed by atoms with Gasteiger partial charge in [-0.05, 0) is 36.4 Å². The zero-order valence-electron chi connectivity index (χ0n) is 10.8. The Kier molecular flexibility index (Phi) is 3.04. The SMILES string of the molecule is COc1ccc(-n2c(-c3ccncc3)n[nH]c2=O)cc1. The number of pyridine rings is 1. The molecule has 2 heterocycles. The van der Waals surface area contributed by atoms with Gasteiger partial charge >= 0.3 is 5.69 Å². The molecule has 0 unspecified atom stereocenters. The van der Waals surface area contributed by atoms with Crippen LogP contribution < -0.4 is 10.4 Å². The first-order valence-electron chi connectivity index (χ1n) is 6.02. The lowest BCUT2D eigenvalue weighted by Crippen LogP contribution is -2.15. The van der Waals surface area contributed by atoms with Crippen LogP contribution in [0.15, 0.2) is 53.6 Å². The second-order valence-electron chi connectivity index (χ2n) is 4.12. The Labute approximate surface area is 114 Å². The van der Waals surface area contributed by atoms with E-state index in [9.17, 15) is 4.79 Å². The molecule has 0 spiro atoms. The fraction of sp³-hybridized carbons (Fsp3) is 0.0714. The molecule has 1 aromatic carbocycles. The summed E-state index contributed by atoms with van der Waals surface area (Å²) in [6, 6.07) is 10.8. The highest BCUT2D eigenvalue weighted by molar-refractivity contribution is 5.57. The van der Waals surface area contributed by atoms with Crippen molar-refractivity contribution in [1.29, 1.82) is 0 Å². The lowest BCUT2D eigenvalue weighted by Gasteiger charge is -2.06. The predicted molar refractivity (Wildman–Crippen MR) is 74.0 cm³/mol. The lowest BCUT2D eigenvalue weighted by molar-refractivity contribution is 0.414. The molecule has 2 aromatic heterocycles. The second-order valence-corrected chi connectivity index (χ2v) is 4.12. The molecule has 0 saturated heterocycles.